The van der Waals surface area contributed by atoms with Crippen LogP contribution in [0.4, 0.5) is 5.82 Å². The van der Waals surface area contributed by atoms with Crippen molar-refractivity contribution in [3.63, 3.8) is 0 Å². The van der Waals surface area contributed by atoms with Gasteiger partial charge in [0.05, 0.1) is 5.69 Å². The molecule has 2 unspecified atom stereocenters. The molecule has 2 atom stereocenters. The summed E-state index contributed by atoms with van der Waals surface area (Å²) in [6.45, 7) is 3.75. The molecule has 0 amide bonds. The fraction of sp³-hybridized carbons (Fsp3) is 0.750. The predicted molar refractivity (Wildman–Crippen MR) is 74.1 cm³/mol. The maximum atomic E-state index is 12.5. The second kappa shape index (κ2) is 5.13. The molecule has 6 nitrogen and oxygen atoms in total. The van der Waals surface area contributed by atoms with Crippen molar-refractivity contribution in [1.29, 1.82) is 0 Å². The lowest BCUT2D eigenvalue weighted by molar-refractivity contribution is 0.310. The van der Waals surface area contributed by atoms with Crippen molar-refractivity contribution in [1.82, 2.24) is 14.5 Å². The summed E-state index contributed by atoms with van der Waals surface area (Å²) >= 11 is 0. The molecule has 2 rings (SSSR count). The molecule has 7 heteroatoms. The Morgan fingerprint density at radius 2 is 2.00 bits per heavy atom. The van der Waals surface area contributed by atoms with E-state index in [1.165, 1.54) is 11.1 Å². The van der Waals surface area contributed by atoms with E-state index in [9.17, 15) is 8.42 Å². The van der Waals surface area contributed by atoms with Gasteiger partial charge in [-0.1, -0.05) is 19.8 Å². The van der Waals surface area contributed by atoms with E-state index in [-0.39, 0.29) is 16.8 Å². The molecule has 0 radical (unpaired) electrons. The maximum Gasteiger partial charge on any atom is 0.246 e. The van der Waals surface area contributed by atoms with Gasteiger partial charge in [-0.15, -0.1) is 0 Å². The van der Waals surface area contributed by atoms with Crippen molar-refractivity contribution < 1.29 is 8.42 Å². The van der Waals surface area contributed by atoms with E-state index in [0.717, 1.165) is 19.3 Å². The number of aryl methyl sites for hydroxylation is 2. The number of sulfonamides is 1. The van der Waals surface area contributed by atoms with Crippen LogP contribution < -0.4 is 10.5 Å². The minimum atomic E-state index is -3.59. The van der Waals surface area contributed by atoms with Crippen LogP contribution in [0.1, 0.15) is 38.3 Å². The van der Waals surface area contributed by atoms with Gasteiger partial charge in [0.25, 0.3) is 0 Å². The largest absolute Gasteiger partial charge is 0.383 e. The van der Waals surface area contributed by atoms with Crippen LogP contribution in [0.5, 0.6) is 0 Å². The van der Waals surface area contributed by atoms with E-state index < -0.39 is 10.0 Å². The van der Waals surface area contributed by atoms with Crippen molar-refractivity contribution in [2.45, 2.75) is 50.5 Å². The first kappa shape index (κ1) is 14.3. The Kier molecular flexibility index (Phi) is 3.87. The number of hydrogen-bond acceptors (Lipinski definition) is 4. The highest BCUT2D eigenvalue weighted by molar-refractivity contribution is 7.89. The first-order chi connectivity index (χ1) is 8.83. The monoisotopic (exact) mass is 286 g/mol. The molecule has 108 valence electrons. The highest BCUT2D eigenvalue weighted by Crippen LogP contribution is 2.27. The summed E-state index contributed by atoms with van der Waals surface area (Å²) in [5, 5.41) is 4.06. The van der Waals surface area contributed by atoms with Gasteiger partial charge in [-0.05, 0) is 25.7 Å². The van der Waals surface area contributed by atoms with Gasteiger partial charge in [0.1, 0.15) is 10.7 Å². The zero-order valence-corrected chi connectivity index (χ0v) is 12.5. The van der Waals surface area contributed by atoms with Crippen LogP contribution in [-0.2, 0) is 17.1 Å². The number of nitrogen functional groups attached to an aromatic ring is 1. The van der Waals surface area contributed by atoms with E-state index in [4.69, 9.17) is 5.73 Å². The fourth-order valence-electron chi connectivity index (χ4n) is 2.74. The van der Waals surface area contributed by atoms with E-state index in [1.807, 2.05) is 0 Å². The van der Waals surface area contributed by atoms with Crippen molar-refractivity contribution in [3.05, 3.63) is 5.69 Å². The Balaban J connectivity index is 2.27. The van der Waals surface area contributed by atoms with Crippen molar-refractivity contribution in [3.8, 4) is 0 Å². The third kappa shape index (κ3) is 2.76. The first-order valence-corrected chi connectivity index (χ1v) is 8.12. The smallest absolute Gasteiger partial charge is 0.246 e. The Labute approximate surface area is 114 Å². The normalized spacial score (nSPS) is 24.6. The van der Waals surface area contributed by atoms with Gasteiger partial charge in [-0.3, -0.25) is 4.68 Å². The average molecular weight is 286 g/mol. The molecular weight excluding hydrogens is 264 g/mol. The van der Waals surface area contributed by atoms with E-state index >= 15 is 0 Å². The van der Waals surface area contributed by atoms with Crippen molar-refractivity contribution in [2.75, 3.05) is 5.73 Å². The third-order valence-electron chi connectivity index (χ3n) is 3.90. The lowest BCUT2D eigenvalue weighted by Crippen LogP contribution is -2.41. The summed E-state index contributed by atoms with van der Waals surface area (Å²) in [6.07, 6.45) is 4.20. The van der Waals surface area contributed by atoms with E-state index in [1.54, 1.807) is 14.0 Å². The number of nitrogens with two attached hydrogens (primary N) is 1. The summed E-state index contributed by atoms with van der Waals surface area (Å²) in [5.41, 5.74) is 6.25. The first-order valence-electron chi connectivity index (χ1n) is 6.64. The lowest BCUT2D eigenvalue weighted by atomic mass is 9.87. The van der Waals surface area contributed by atoms with E-state index in [2.05, 4.69) is 16.7 Å². The van der Waals surface area contributed by atoms with Gasteiger partial charge in [-0.2, -0.15) is 5.10 Å². The van der Waals surface area contributed by atoms with Crippen LogP contribution in [0, 0.1) is 12.8 Å². The van der Waals surface area contributed by atoms with Crippen LogP contribution in [0.15, 0.2) is 4.90 Å². The molecule has 1 fully saturated rings. The van der Waals surface area contributed by atoms with Crippen molar-refractivity contribution >= 4 is 15.8 Å². The van der Waals surface area contributed by atoms with Gasteiger partial charge in [-0.25, -0.2) is 13.1 Å². The number of hydrogen-bond donors (Lipinski definition) is 2. The topological polar surface area (TPSA) is 90.0 Å². The standard InChI is InChI=1S/C12H22N4O2S/c1-8-6-4-5-7-10(8)15-19(17,18)11-9(2)14-16(3)12(11)13/h8,10,15H,4-7,13H2,1-3H3. The molecule has 1 aromatic rings. The van der Waals surface area contributed by atoms with Crippen LogP contribution in [0.3, 0.4) is 0 Å². The molecular formula is C12H22N4O2S. The second-order valence-electron chi connectivity index (χ2n) is 5.41. The molecule has 1 aliphatic rings. The lowest BCUT2D eigenvalue weighted by Gasteiger charge is -2.29. The number of rotatable bonds is 3. The van der Waals surface area contributed by atoms with Crippen molar-refractivity contribution in [2.24, 2.45) is 13.0 Å². The number of anilines is 1. The van der Waals surface area contributed by atoms with Gasteiger partial charge >= 0.3 is 0 Å². The summed E-state index contributed by atoms with van der Waals surface area (Å²) in [7, 11) is -1.95. The molecule has 0 aromatic carbocycles. The fourth-order valence-corrected chi connectivity index (χ4v) is 4.44. The summed E-state index contributed by atoms with van der Waals surface area (Å²) in [4.78, 5) is 0.118. The molecule has 1 aliphatic carbocycles. The molecule has 1 saturated carbocycles. The third-order valence-corrected chi connectivity index (χ3v) is 5.55. The molecule has 0 saturated heterocycles. The van der Waals surface area contributed by atoms with Crippen LogP contribution in [0.2, 0.25) is 0 Å². The maximum absolute atomic E-state index is 12.5. The Bertz CT molecular complexity index is 565. The van der Waals surface area contributed by atoms with Crippen LogP contribution in [-0.4, -0.2) is 24.2 Å². The predicted octanol–water partition coefficient (Wildman–Crippen LogP) is 1.17. The number of nitrogens with zero attached hydrogens (tertiary/aromatic N) is 2. The van der Waals surface area contributed by atoms with Crippen LogP contribution in [0.25, 0.3) is 0 Å². The highest BCUT2D eigenvalue weighted by Gasteiger charge is 2.30. The Morgan fingerprint density at radius 1 is 1.37 bits per heavy atom. The summed E-state index contributed by atoms with van der Waals surface area (Å²) in [5.74, 6) is 0.551. The quantitative estimate of drug-likeness (QED) is 0.872. The zero-order valence-electron chi connectivity index (χ0n) is 11.7. The average Bonchev–Trinajstić information content (AvgIpc) is 2.56. The van der Waals surface area contributed by atoms with Gasteiger partial charge in [0, 0.05) is 13.1 Å². The molecule has 1 heterocycles. The highest BCUT2D eigenvalue weighted by atomic mass is 32.2. The Hall–Kier alpha value is -1.08. The molecule has 0 aliphatic heterocycles. The summed E-state index contributed by atoms with van der Waals surface area (Å²) in [6, 6.07) is -0.00208. The molecule has 0 bridgehead atoms. The van der Waals surface area contributed by atoms with E-state index in [0.29, 0.717) is 11.6 Å². The summed E-state index contributed by atoms with van der Waals surface area (Å²) < 4.78 is 29.1. The minimum Gasteiger partial charge on any atom is -0.383 e. The molecule has 3 N–H and O–H groups in total. The molecule has 0 spiro atoms. The van der Waals surface area contributed by atoms with Gasteiger partial charge in [0.2, 0.25) is 10.0 Å². The van der Waals surface area contributed by atoms with Gasteiger partial charge < -0.3 is 5.73 Å². The number of nitrogens with one attached hydrogen (secondary N) is 1. The number of aromatic nitrogens is 2. The Morgan fingerprint density at radius 3 is 2.53 bits per heavy atom. The zero-order chi connectivity index (χ0) is 14.2. The minimum absolute atomic E-state index is 0.00208. The molecule has 1 aromatic heterocycles. The van der Waals surface area contributed by atoms with Crippen LogP contribution >= 0.6 is 0 Å². The van der Waals surface area contributed by atoms with Gasteiger partial charge in [0.15, 0.2) is 0 Å². The molecule has 19 heavy (non-hydrogen) atoms. The second-order valence-corrected chi connectivity index (χ2v) is 7.06. The SMILES string of the molecule is Cc1nn(C)c(N)c1S(=O)(=O)NC1CCCCC1C.